The molecule has 0 amide bonds. The Bertz CT molecular complexity index is 660. The van der Waals surface area contributed by atoms with Gasteiger partial charge >= 0.3 is 0 Å². The first-order chi connectivity index (χ1) is 9.78. The lowest BCUT2D eigenvalue weighted by Crippen LogP contribution is -2.25. The maximum absolute atomic E-state index is 8.97. The fourth-order valence-electron chi connectivity index (χ4n) is 2.58. The van der Waals surface area contributed by atoms with Gasteiger partial charge in [0.05, 0.1) is 17.7 Å². The van der Waals surface area contributed by atoms with Gasteiger partial charge in [-0.15, -0.1) is 0 Å². The molecule has 20 heavy (non-hydrogen) atoms. The Morgan fingerprint density at radius 2 is 2.10 bits per heavy atom. The monoisotopic (exact) mass is 264 g/mol. The van der Waals surface area contributed by atoms with Crippen molar-refractivity contribution in [3.05, 3.63) is 65.2 Å². The van der Waals surface area contributed by atoms with Gasteiger partial charge in [0.1, 0.15) is 12.4 Å². The SMILES string of the molecule is CC(NC1COc2ccccc21)c1cccc(C#N)c1. The van der Waals surface area contributed by atoms with Gasteiger partial charge in [-0.05, 0) is 30.7 Å². The van der Waals surface area contributed by atoms with Gasteiger partial charge < -0.3 is 10.1 Å². The molecule has 2 aromatic carbocycles. The van der Waals surface area contributed by atoms with Gasteiger partial charge in [-0.2, -0.15) is 5.26 Å². The Morgan fingerprint density at radius 3 is 2.95 bits per heavy atom. The molecule has 0 saturated heterocycles. The van der Waals surface area contributed by atoms with Crippen molar-refractivity contribution >= 4 is 0 Å². The van der Waals surface area contributed by atoms with Crippen molar-refractivity contribution in [2.24, 2.45) is 0 Å². The fourth-order valence-corrected chi connectivity index (χ4v) is 2.58. The molecule has 100 valence electrons. The molecule has 3 heteroatoms. The van der Waals surface area contributed by atoms with Crippen LogP contribution in [0.5, 0.6) is 5.75 Å². The van der Waals surface area contributed by atoms with Crippen LogP contribution in [-0.2, 0) is 0 Å². The van der Waals surface area contributed by atoms with E-state index in [0.29, 0.717) is 12.2 Å². The van der Waals surface area contributed by atoms with E-state index in [4.69, 9.17) is 10.00 Å². The molecular weight excluding hydrogens is 248 g/mol. The molecule has 0 saturated carbocycles. The highest BCUT2D eigenvalue weighted by Gasteiger charge is 2.24. The number of fused-ring (bicyclic) bond motifs is 1. The van der Waals surface area contributed by atoms with Crippen molar-refractivity contribution in [2.75, 3.05) is 6.61 Å². The number of para-hydroxylation sites is 1. The maximum Gasteiger partial charge on any atom is 0.124 e. The summed E-state index contributed by atoms with van der Waals surface area (Å²) in [5, 5.41) is 12.5. The van der Waals surface area contributed by atoms with Gasteiger partial charge in [-0.3, -0.25) is 0 Å². The molecule has 0 spiro atoms. The zero-order valence-corrected chi connectivity index (χ0v) is 11.3. The summed E-state index contributed by atoms with van der Waals surface area (Å²) in [6.45, 7) is 2.76. The molecule has 1 heterocycles. The van der Waals surface area contributed by atoms with Crippen molar-refractivity contribution in [3.63, 3.8) is 0 Å². The van der Waals surface area contributed by atoms with Crippen LogP contribution in [0.15, 0.2) is 48.5 Å². The third kappa shape index (κ3) is 2.38. The van der Waals surface area contributed by atoms with E-state index in [-0.39, 0.29) is 12.1 Å². The Labute approximate surface area is 118 Å². The highest BCUT2D eigenvalue weighted by molar-refractivity contribution is 5.40. The van der Waals surface area contributed by atoms with Gasteiger partial charge in [0.25, 0.3) is 0 Å². The zero-order chi connectivity index (χ0) is 13.9. The van der Waals surface area contributed by atoms with Crippen LogP contribution in [0, 0.1) is 11.3 Å². The largest absolute Gasteiger partial charge is 0.491 e. The number of benzene rings is 2. The second-order valence-electron chi connectivity index (χ2n) is 5.03. The van der Waals surface area contributed by atoms with Crippen LogP contribution in [-0.4, -0.2) is 6.61 Å². The Kier molecular flexibility index (Phi) is 3.41. The van der Waals surface area contributed by atoms with Crippen molar-refractivity contribution in [2.45, 2.75) is 19.0 Å². The lowest BCUT2D eigenvalue weighted by Gasteiger charge is -2.19. The van der Waals surface area contributed by atoms with Crippen molar-refractivity contribution < 1.29 is 4.74 Å². The number of rotatable bonds is 3. The van der Waals surface area contributed by atoms with E-state index in [2.05, 4.69) is 24.4 Å². The highest BCUT2D eigenvalue weighted by Crippen LogP contribution is 2.33. The first-order valence-corrected chi connectivity index (χ1v) is 6.76. The minimum atomic E-state index is 0.169. The lowest BCUT2D eigenvalue weighted by atomic mass is 10.0. The van der Waals surface area contributed by atoms with Gasteiger partial charge in [0.2, 0.25) is 0 Å². The number of nitrogens with zero attached hydrogens (tertiary/aromatic N) is 1. The summed E-state index contributed by atoms with van der Waals surface area (Å²) < 4.78 is 5.68. The van der Waals surface area contributed by atoms with E-state index in [1.807, 2.05) is 42.5 Å². The molecule has 0 fully saturated rings. The van der Waals surface area contributed by atoms with Crippen LogP contribution in [0.3, 0.4) is 0 Å². The molecular formula is C17H16N2O. The summed E-state index contributed by atoms with van der Waals surface area (Å²) in [6, 6.07) is 18.4. The predicted molar refractivity (Wildman–Crippen MR) is 77.4 cm³/mol. The molecule has 2 unspecified atom stereocenters. The maximum atomic E-state index is 8.97. The third-order valence-corrected chi connectivity index (χ3v) is 3.67. The quantitative estimate of drug-likeness (QED) is 0.924. The van der Waals surface area contributed by atoms with Crippen molar-refractivity contribution in [1.29, 1.82) is 5.26 Å². The second-order valence-corrected chi connectivity index (χ2v) is 5.03. The number of hydrogen-bond acceptors (Lipinski definition) is 3. The minimum absolute atomic E-state index is 0.169. The molecule has 3 nitrogen and oxygen atoms in total. The van der Waals surface area contributed by atoms with Crippen LogP contribution in [0.1, 0.15) is 35.7 Å². The van der Waals surface area contributed by atoms with Gasteiger partial charge in [-0.25, -0.2) is 0 Å². The second kappa shape index (κ2) is 5.36. The average Bonchev–Trinajstić information content (AvgIpc) is 2.90. The van der Waals surface area contributed by atoms with Crippen LogP contribution in [0.25, 0.3) is 0 Å². The van der Waals surface area contributed by atoms with E-state index >= 15 is 0 Å². The van der Waals surface area contributed by atoms with E-state index in [9.17, 15) is 0 Å². The van der Waals surface area contributed by atoms with Crippen molar-refractivity contribution in [3.8, 4) is 11.8 Å². The molecule has 1 N–H and O–H groups in total. The fraction of sp³-hybridized carbons (Fsp3) is 0.235. The molecule has 1 aliphatic rings. The summed E-state index contributed by atoms with van der Waals surface area (Å²) in [4.78, 5) is 0. The molecule has 1 aliphatic heterocycles. The third-order valence-electron chi connectivity index (χ3n) is 3.67. The normalized spacial score (nSPS) is 17.9. The molecule has 3 rings (SSSR count). The molecule has 0 aliphatic carbocycles. The van der Waals surface area contributed by atoms with E-state index in [1.54, 1.807) is 0 Å². The number of hydrogen-bond donors (Lipinski definition) is 1. The van der Waals surface area contributed by atoms with E-state index in [1.165, 1.54) is 5.56 Å². The van der Waals surface area contributed by atoms with Gasteiger partial charge in [-0.1, -0.05) is 30.3 Å². The summed E-state index contributed by atoms with van der Waals surface area (Å²) in [7, 11) is 0. The molecule has 0 bridgehead atoms. The number of ether oxygens (including phenoxy) is 1. The number of nitriles is 1. The van der Waals surface area contributed by atoms with E-state index < -0.39 is 0 Å². The average molecular weight is 264 g/mol. The Morgan fingerprint density at radius 1 is 1.25 bits per heavy atom. The van der Waals surface area contributed by atoms with Crippen LogP contribution in [0.2, 0.25) is 0 Å². The number of nitrogens with one attached hydrogen (secondary N) is 1. The Balaban J connectivity index is 1.77. The zero-order valence-electron chi connectivity index (χ0n) is 11.3. The smallest absolute Gasteiger partial charge is 0.124 e. The first-order valence-electron chi connectivity index (χ1n) is 6.76. The summed E-state index contributed by atoms with van der Waals surface area (Å²) in [5.41, 5.74) is 3.02. The van der Waals surface area contributed by atoms with Crippen LogP contribution in [0.4, 0.5) is 0 Å². The summed E-state index contributed by atoms with van der Waals surface area (Å²) in [5.74, 6) is 0.961. The summed E-state index contributed by atoms with van der Waals surface area (Å²) in [6.07, 6.45) is 0. The molecule has 2 aromatic rings. The minimum Gasteiger partial charge on any atom is -0.491 e. The topological polar surface area (TPSA) is 45.0 Å². The standard InChI is InChI=1S/C17H16N2O/c1-12(14-6-4-5-13(9-14)10-18)19-16-11-20-17-8-3-2-7-15(16)17/h2-9,12,16,19H,11H2,1H3. The van der Waals surface area contributed by atoms with Crippen LogP contribution >= 0.6 is 0 Å². The molecule has 2 atom stereocenters. The van der Waals surface area contributed by atoms with E-state index in [0.717, 1.165) is 11.3 Å². The predicted octanol–water partition coefficient (Wildman–Crippen LogP) is 3.34. The van der Waals surface area contributed by atoms with Gasteiger partial charge in [0.15, 0.2) is 0 Å². The molecule has 0 aromatic heterocycles. The first kappa shape index (κ1) is 12.7. The Hall–Kier alpha value is -2.31. The summed E-state index contributed by atoms with van der Waals surface area (Å²) >= 11 is 0. The molecule has 0 radical (unpaired) electrons. The van der Waals surface area contributed by atoms with Crippen molar-refractivity contribution in [1.82, 2.24) is 5.32 Å². The van der Waals surface area contributed by atoms with Crippen LogP contribution < -0.4 is 10.1 Å². The van der Waals surface area contributed by atoms with Gasteiger partial charge in [0, 0.05) is 11.6 Å². The lowest BCUT2D eigenvalue weighted by molar-refractivity contribution is 0.301. The highest BCUT2D eigenvalue weighted by atomic mass is 16.5.